The molecular weight excluding hydrogens is 198 g/mol. The molecule has 0 aromatic rings. The summed E-state index contributed by atoms with van der Waals surface area (Å²) in [5.41, 5.74) is 0. The van der Waals surface area contributed by atoms with Crippen LogP contribution in [-0.2, 0) is 0 Å². The van der Waals surface area contributed by atoms with Crippen LogP contribution in [0.3, 0.4) is 0 Å². The third-order valence-electron chi connectivity index (χ3n) is 3.70. The molecule has 2 nitrogen and oxygen atoms in total. The van der Waals surface area contributed by atoms with E-state index < -0.39 is 0 Å². The Morgan fingerprint density at radius 1 is 1.25 bits per heavy atom. The van der Waals surface area contributed by atoms with Gasteiger partial charge in [-0.25, -0.2) is 0 Å². The van der Waals surface area contributed by atoms with Crippen molar-refractivity contribution in [2.45, 2.75) is 78.0 Å². The molecule has 0 radical (unpaired) electrons. The fraction of sp³-hybridized carbons (Fsp3) is 1.00. The molecule has 2 atom stereocenters. The Morgan fingerprint density at radius 3 is 2.25 bits per heavy atom. The van der Waals surface area contributed by atoms with Gasteiger partial charge >= 0.3 is 0 Å². The van der Waals surface area contributed by atoms with E-state index in [2.05, 4.69) is 32.6 Å². The van der Waals surface area contributed by atoms with Crippen LogP contribution in [-0.4, -0.2) is 34.7 Å². The van der Waals surface area contributed by atoms with Crippen molar-refractivity contribution in [1.29, 1.82) is 0 Å². The Labute approximate surface area is 101 Å². The molecular formula is C14H29NO. The summed E-state index contributed by atoms with van der Waals surface area (Å²) in [6.07, 6.45) is 5.72. The third-order valence-corrected chi connectivity index (χ3v) is 3.70. The molecule has 0 heterocycles. The van der Waals surface area contributed by atoms with Gasteiger partial charge in [0, 0.05) is 18.6 Å². The standard InChI is InChI=1S/C14H29NO/c1-5-7-14(16)13(6-2)15(11(3)4)10-12-8-9-12/h11-14,16H,5-10H2,1-4H3. The monoisotopic (exact) mass is 227 g/mol. The maximum atomic E-state index is 10.2. The molecule has 0 saturated heterocycles. The van der Waals surface area contributed by atoms with Crippen LogP contribution in [0, 0.1) is 5.92 Å². The quantitative estimate of drug-likeness (QED) is 0.689. The Morgan fingerprint density at radius 2 is 1.88 bits per heavy atom. The summed E-state index contributed by atoms with van der Waals surface area (Å²) in [7, 11) is 0. The average Bonchev–Trinajstić information content (AvgIpc) is 3.01. The molecule has 96 valence electrons. The lowest BCUT2D eigenvalue weighted by molar-refractivity contribution is 0.0215. The van der Waals surface area contributed by atoms with E-state index in [0.29, 0.717) is 12.1 Å². The van der Waals surface area contributed by atoms with Crippen molar-refractivity contribution in [3.05, 3.63) is 0 Å². The number of hydrogen-bond donors (Lipinski definition) is 1. The van der Waals surface area contributed by atoms with E-state index in [4.69, 9.17) is 0 Å². The number of rotatable bonds is 8. The van der Waals surface area contributed by atoms with Gasteiger partial charge in [-0.05, 0) is 45.4 Å². The van der Waals surface area contributed by atoms with E-state index >= 15 is 0 Å². The van der Waals surface area contributed by atoms with Crippen LogP contribution in [0.1, 0.15) is 59.8 Å². The van der Waals surface area contributed by atoms with Crippen LogP contribution in [0.4, 0.5) is 0 Å². The molecule has 1 saturated carbocycles. The lowest BCUT2D eigenvalue weighted by Crippen LogP contribution is -2.47. The first-order valence-electron chi connectivity index (χ1n) is 7.03. The summed E-state index contributed by atoms with van der Waals surface area (Å²) < 4.78 is 0. The summed E-state index contributed by atoms with van der Waals surface area (Å²) in [5.74, 6) is 0.908. The Balaban J connectivity index is 2.55. The summed E-state index contributed by atoms with van der Waals surface area (Å²) in [5, 5.41) is 10.2. The van der Waals surface area contributed by atoms with Crippen LogP contribution in [0.2, 0.25) is 0 Å². The summed E-state index contributed by atoms with van der Waals surface area (Å²) in [6, 6.07) is 0.914. The highest BCUT2D eigenvalue weighted by Crippen LogP contribution is 2.32. The van der Waals surface area contributed by atoms with Gasteiger partial charge in [-0.1, -0.05) is 20.3 Å². The smallest absolute Gasteiger partial charge is 0.0695 e. The Hall–Kier alpha value is -0.0800. The second-order valence-corrected chi connectivity index (χ2v) is 5.57. The summed E-state index contributed by atoms with van der Waals surface area (Å²) >= 11 is 0. The van der Waals surface area contributed by atoms with Crippen molar-refractivity contribution in [2.24, 2.45) is 5.92 Å². The summed E-state index contributed by atoms with van der Waals surface area (Å²) in [6.45, 7) is 10.0. The zero-order valence-corrected chi connectivity index (χ0v) is 11.4. The molecule has 0 aromatic carbocycles. The zero-order chi connectivity index (χ0) is 12.1. The zero-order valence-electron chi connectivity index (χ0n) is 11.4. The largest absolute Gasteiger partial charge is 0.391 e. The fourth-order valence-electron chi connectivity index (χ4n) is 2.54. The van der Waals surface area contributed by atoms with Crippen LogP contribution in [0.5, 0.6) is 0 Å². The molecule has 0 amide bonds. The van der Waals surface area contributed by atoms with Gasteiger partial charge in [0.2, 0.25) is 0 Å². The van der Waals surface area contributed by atoms with Gasteiger partial charge in [0.1, 0.15) is 0 Å². The predicted octanol–water partition coefficient (Wildman–Crippen LogP) is 3.05. The second-order valence-electron chi connectivity index (χ2n) is 5.57. The van der Waals surface area contributed by atoms with Crippen molar-refractivity contribution in [2.75, 3.05) is 6.54 Å². The van der Waals surface area contributed by atoms with Crippen molar-refractivity contribution < 1.29 is 5.11 Å². The van der Waals surface area contributed by atoms with E-state index in [1.54, 1.807) is 0 Å². The van der Waals surface area contributed by atoms with Gasteiger partial charge in [-0.15, -0.1) is 0 Å². The van der Waals surface area contributed by atoms with Crippen molar-refractivity contribution in [3.8, 4) is 0 Å². The van der Waals surface area contributed by atoms with E-state index in [0.717, 1.165) is 25.2 Å². The van der Waals surface area contributed by atoms with Gasteiger partial charge in [0.25, 0.3) is 0 Å². The van der Waals surface area contributed by atoms with E-state index in [9.17, 15) is 5.11 Å². The van der Waals surface area contributed by atoms with E-state index in [-0.39, 0.29) is 6.10 Å². The first-order chi connectivity index (χ1) is 7.60. The van der Waals surface area contributed by atoms with Gasteiger partial charge in [0.15, 0.2) is 0 Å². The number of aliphatic hydroxyl groups is 1. The SMILES string of the molecule is CCCC(O)C(CC)N(CC1CC1)C(C)C. The highest BCUT2D eigenvalue weighted by molar-refractivity contribution is 4.85. The average molecular weight is 227 g/mol. The van der Waals surface area contributed by atoms with Gasteiger partial charge in [0.05, 0.1) is 6.10 Å². The minimum absolute atomic E-state index is 0.142. The normalized spacial score (nSPS) is 20.4. The predicted molar refractivity (Wildman–Crippen MR) is 69.6 cm³/mol. The van der Waals surface area contributed by atoms with Crippen molar-refractivity contribution in [3.63, 3.8) is 0 Å². The molecule has 16 heavy (non-hydrogen) atoms. The fourth-order valence-corrected chi connectivity index (χ4v) is 2.54. The number of aliphatic hydroxyl groups excluding tert-OH is 1. The molecule has 0 aliphatic heterocycles. The van der Waals surface area contributed by atoms with Gasteiger partial charge in [-0.2, -0.15) is 0 Å². The molecule has 0 aromatic heterocycles. The van der Waals surface area contributed by atoms with Crippen molar-refractivity contribution >= 4 is 0 Å². The molecule has 1 aliphatic rings. The molecule has 1 N–H and O–H groups in total. The maximum Gasteiger partial charge on any atom is 0.0695 e. The van der Waals surface area contributed by atoms with E-state index in [1.807, 2.05) is 0 Å². The molecule has 0 spiro atoms. The second kappa shape index (κ2) is 6.61. The van der Waals surface area contributed by atoms with Crippen LogP contribution in [0.25, 0.3) is 0 Å². The molecule has 1 aliphatic carbocycles. The third kappa shape index (κ3) is 4.06. The lowest BCUT2D eigenvalue weighted by Gasteiger charge is -2.37. The first-order valence-corrected chi connectivity index (χ1v) is 7.03. The molecule has 2 heteroatoms. The highest BCUT2D eigenvalue weighted by Gasteiger charge is 2.31. The first kappa shape index (κ1) is 14.0. The lowest BCUT2D eigenvalue weighted by atomic mass is 10.0. The highest BCUT2D eigenvalue weighted by atomic mass is 16.3. The molecule has 2 unspecified atom stereocenters. The minimum Gasteiger partial charge on any atom is -0.391 e. The molecule has 1 rings (SSSR count). The van der Waals surface area contributed by atoms with Crippen LogP contribution < -0.4 is 0 Å². The Bertz CT molecular complexity index is 189. The van der Waals surface area contributed by atoms with Crippen LogP contribution >= 0.6 is 0 Å². The number of hydrogen-bond acceptors (Lipinski definition) is 2. The minimum atomic E-state index is -0.142. The maximum absolute atomic E-state index is 10.2. The molecule has 0 bridgehead atoms. The van der Waals surface area contributed by atoms with Crippen LogP contribution in [0.15, 0.2) is 0 Å². The number of nitrogens with zero attached hydrogens (tertiary/aromatic N) is 1. The van der Waals surface area contributed by atoms with Crippen molar-refractivity contribution in [1.82, 2.24) is 4.90 Å². The molecule has 1 fully saturated rings. The van der Waals surface area contributed by atoms with E-state index in [1.165, 1.54) is 19.4 Å². The van der Waals surface area contributed by atoms with Gasteiger partial charge < -0.3 is 5.11 Å². The topological polar surface area (TPSA) is 23.5 Å². The Kier molecular flexibility index (Phi) is 5.77. The summed E-state index contributed by atoms with van der Waals surface area (Å²) in [4.78, 5) is 2.53. The van der Waals surface area contributed by atoms with Gasteiger partial charge in [-0.3, -0.25) is 4.90 Å².